The molecule has 0 bridgehead atoms. The fraction of sp³-hybridized carbons (Fsp3) is 0.643. The molecule has 1 unspecified atom stereocenters. The highest BCUT2D eigenvalue weighted by Gasteiger charge is 2.14. The lowest BCUT2D eigenvalue weighted by atomic mass is 10.2. The molecule has 1 aromatic heterocycles. The van der Waals surface area contributed by atoms with Crippen molar-refractivity contribution >= 4 is 17.6 Å². The number of anilines is 1. The van der Waals surface area contributed by atoms with Gasteiger partial charge in [-0.15, -0.1) is 0 Å². The van der Waals surface area contributed by atoms with E-state index in [9.17, 15) is 0 Å². The van der Waals surface area contributed by atoms with Crippen LogP contribution in [0.4, 0.5) is 5.82 Å². The molecule has 0 radical (unpaired) electrons. The van der Waals surface area contributed by atoms with Crippen LogP contribution >= 0.6 is 11.8 Å². The van der Waals surface area contributed by atoms with Crippen LogP contribution in [0, 0.1) is 0 Å². The summed E-state index contributed by atoms with van der Waals surface area (Å²) in [7, 11) is 2.13. The van der Waals surface area contributed by atoms with Crippen molar-refractivity contribution in [2.75, 3.05) is 24.0 Å². The van der Waals surface area contributed by atoms with Crippen LogP contribution < -0.4 is 10.2 Å². The molecule has 0 aromatic carbocycles. The first-order valence-electron chi connectivity index (χ1n) is 6.45. The number of hydrogen-bond acceptors (Lipinski definition) is 4. The molecule has 0 spiro atoms. The third-order valence-corrected chi connectivity index (χ3v) is 3.79. The standard InChI is InChI=1S/C14H25N3S/c1-11(2)16-9-13-7-6-8-15-14(13)17(4)12(3)10-18-5/h6-8,11-12,16H,9-10H2,1-5H3. The second kappa shape index (κ2) is 7.64. The molecular formula is C14H25N3S. The summed E-state index contributed by atoms with van der Waals surface area (Å²) in [5, 5.41) is 3.46. The van der Waals surface area contributed by atoms with E-state index in [1.807, 2.05) is 24.0 Å². The summed E-state index contributed by atoms with van der Waals surface area (Å²) in [5.41, 5.74) is 1.27. The van der Waals surface area contributed by atoms with E-state index in [0.717, 1.165) is 18.1 Å². The van der Waals surface area contributed by atoms with E-state index in [4.69, 9.17) is 0 Å². The second-order valence-electron chi connectivity index (χ2n) is 4.94. The molecule has 0 fully saturated rings. The summed E-state index contributed by atoms with van der Waals surface area (Å²) < 4.78 is 0. The average Bonchev–Trinajstić information content (AvgIpc) is 2.36. The summed E-state index contributed by atoms with van der Waals surface area (Å²) in [6.45, 7) is 7.44. The first-order chi connectivity index (χ1) is 8.56. The van der Waals surface area contributed by atoms with Gasteiger partial charge < -0.3 is 10.2 Å². The third-order valence-electron chi connectivity index (χ3n) is 2.97. The van der Waals surface area contributed by atoms with Crippen molar-refractivity contribution < 1.29 is 0 Å². The van der Waals surface area contributed by atoms with Crippen LogP contribution in [0.15, 0.2) is 18.3 Å². The number of hydrogen-bond donors (Lipinski definition) is 1. The Hall–Kier alpha value is -0.740. The molecule has 4 heteroatoms. The number of thioether (sulfide) groups is 1. The van der Waals surface area contributed by atoms with Gasteiger partial charge in [-0.1, -0.05) is 19.9 Å². The molecule has 1 heterocycles. The summed E-state index contributed by atoms with van der Waals surface area (Å²) in [5.74, 6) is 2.21. The Labute approximate surface area is 115 Å². The topological polar surface area (TPSA) is 28.2 Å². The van der Waals surface area contributed by atoms with Crippen molar-refractivity contribution in [2.45, 2.75) is 39.4 Å². The maximum atomic E-state index is 4.54. The molecule has 0 amide bonds. The predicted octanol–water partition coefficient (Wildman–Crippen LogP) is 2.77. The highest BCUT2D eigenvalue weighted by Crippen LogP contribution is 2.19. The Kier molecular flexibility index (Phi) is 6.50. The molecule has 0 saturated carbocycles. The van der Waals surface area contributed by atoms with Crippen LogP contribution in [0.2, 0.25) is 0 Å². The predicted molar refractivity (Wildman–Crippen MR) is 82.5 cm³/mol. The van der Waals surface area contributed by atoms with Gasteiger partial charge >= 0.3 is 0 Å². The number of pyridine rings is 1. The van der Waals surface area contributed by atoms with Crippen molar-refractivity contribution in [1.82, 2.24) is 10.3 Å². The van der Waals surface area contributed by atoms with Crippen LogP contribution in [0.25, 0.3) is 0 Å². The lowest BCUT2D eigenvalue weighted by Crippen LogP contribution is -2.33. The fourth-order valence-corrected chi connectivity index (χ4v) is 2.47. The molecule has 1 rings (SSSR count). The smallest absolute Gasteiger partial charge is 0.133 e. The van der Waals surface area contributed by atoms with Gasteiger partial charge in [0.15, 0.2) is 0 Å². The number of nitrogens with one attached hydrogen (secondary N) is 1. The first kappa shape index (κ1) is 15.3. The summed E-state index contributed by atoms with van der Waals surface area (Å²) in [4.78, 5) is 6.81. The Bertz CT molecular complexity index is 355. The van der Waals surface area contributed by atoms with Crippen LogP contribution in [0.1, 0.15) is 26.3 Å². The van der Waals surface area contributed by atoms with Gasteiger partial charge in [0, 0.05) is 43.2 Å². The fourth-order valence-electron chi connectivity index (χ4n) is 1.76. The van der Waals surface area contributed by atoms with Gasteiger partial charge in [0.2, 0.25) is 0 Å². The van der Waals surface area contributed by atoms with E-state index in [0.29, 0.717) is 12.1 Å². The lowest BCUT2D eigenvalue weighted by molar-refractivity contribution is 0.586. The largest absolute Gasteiger partial charge is 0.356 e. The molecule has 0 aliphatic carbocycles. The first-order valence-corrected chi connectivity index (χ1v) is 7.84. The molecule has 102 valence electrons. The molecule has 0 aliphatic heterocycles. The minimum Gasteiger partial charge on any atom is -0.356 e. The molecule has 0 saturated heterocycles. The van der Waals surface area contributed by atoms with E-state index in [-0.39, 0.29) is 0 Å². The second-order valence-corrected chi connectivity index (χ2v) is 5.85. The SMILES string of the molecule is CSCC(C)N(C)c1ncccc1CNC(C)C. The van der Waals surface area contributed by atoms with Gasteiger partial charge in [-0.3, -0.25) is 0 Å². The molecule has 1 N–H and O–H groups in total. The van der Waals surface area contributed by atoms with Crippen LogP contribution in [0.5, 0.6) is 0 Å². The van der Waals surface area contributed by atoms with Crippen molar-refractivity contribution in [2.24, 2.45) is 0 Å². The number of aromatic nitrogens is 1. The molecule has 1 atom stereocenters. The summed E-state index contributed by atoms with van der Waals surface area (Å²) in [6.07, 6.45) is 4.01. The highest BCUT2D eigenvalue weighted by molar-refractivity contribution is 7.98. The molecular weight excluding hydrogens is 242 g/mol. The molecule has 18 heavy (non-hydrogen) atoms. The lowest BCUT2D eigenvalue weighted by Gasteiger charge is -2.27. The van der Waals surface area contributed by atoms with E-state index in [1.165, 1.54) is 5.56 Å². The highest BCUT2D eigenvalue weighted by atomic mass is 32.2. The molecule has 0 aliphatic rings. The van der Waals surface area contributed by atoms with Crippen LogP contribution in [-0.2, 0) is 6.54 Å². The zero-order valence-electron chi connectivity index (χ0n) is 12.1. The van der Waals surface area contributed by atoms with E-state index < -0.39 is 0 Å². The van der Waals surface area contributed by atoms with E-state index in [2.05, 4.69) is 55.3 Å². The maximum Gasteiger partial charge on any atom is 0.133 e. The monoisotopic (exact) mass is 267 g/mol. The van der Waals surface area contributed by atoms with Gasteiger partial charge in [0.1, 0.15) is 5.82 Å². The van der Waals surface area contributed by atoms with Gasteiger partial charge in [0.25, 0.3) is 0 Å². The van der Waals surface area contributed by atoms with Crippen molar-refractivity contribution in [3.63, 3.8) is 0 Å². The number of rotatable bonds is 7. The molecule has 3 nitrogen and oxygen atoms in total. The van der Waals surface area contributed by atoms with Gasteiger partial charge in [-0.2, -0.15) is 11.8 Å². The third kappa shape index (κ3) is 4.50. The zero-order valence-corrected chi connectivity index (χ0v) is 12.9. The zero-order chi connectivity index (χ0) is 13.5. The van der Waals surface area contributed by atoms with Crippen molar-refractivity contribution in [1.29, 1.82) is 0 Å². The molecule has 1 aromatic rings. The summed E-state index contributed by atoms with van der Waals surface area (Å²) >= 11 is 1.87. The van der Waals surface area contributed by atoms with Gasteiger partial charge in [-0.25, -0.2) is 4.98 Å². The maximum absolute atomic E-state index is 4.54. The Balaban J connectivity index is 2.80. The quantitative estimate of drug-likeness (QED) is 0.822. The van der Waals surface area contributed by atoms with E-state index in [1.54, 1.807) is 0 Å². The summed E-state index contributed by atoms with van der Waals surface area (Å²) in [6, 6.07) is 5.15. The average molecular weight is 267 g/mol. The van der Waals surface area contributed by atoms with Crippen molar-refractivity contribution in [3.05, 3.63) is 23.9 Å². The minimum absolute atomic E-state index is 0.493. The van der Waals surface area contributed by atoms with Gasteiger partial charge in [0.05, 0.1) is 0 Å². The van der Waals surface area contributed by atoms with Gasteiger partial charge in [-0.05, 0) is 19.2 Å². The Morgan fingerprint density at radius 1 is 1.39 bits per heavy atom. The normalized spacial score (nSPS) is 12.8. The van der Waals surface area contributed by atoms with Crippen molar-refractivity contribution in [3.8, 4) is 0 Å². The minimum atomic E-state index is 0.493. The van der Waals surface area contributed by atoms with Crippen LogP contribution in [-0.4, -0.2) is 36.1 Å². The van der Waals surface area contributed by atoms with E-state index >= 15 is 0 Å². The Morgan fingerprint density at radius 2 is 2.11 bits per heavy atom. The van der Waals surface area contributed by atoms with Crippen LogP contribution in [0.3, 0.4) is 0 Å². The number of nitrogens with zero attached hydrogens (tertiary/aromatic N) is 2. The Morgan fingerprint density at radius 3 is 2.72 bits per heavy atom.